The summed E-state index contributed by atoms with van der Waals surface area (Å²) < 4.78 is 0. The summed E-state index contributed by atoms with van der Waals surface area (Å²) in [6.07, 6.45) is -1.62. The number of hydrogen-bond donors (Lipinski definition) is 4. The fraction of sp³-hybridized carbons (Fsp3) is 1.00. The van der Waals surface area contributed by atoms with Crippen molar-refractivity contribution in [2.75, 3.05) is 13.2 Å². The van der Waals surface area contributed by atoms with Gasteiger partial charge in [0.15, 0.2) is 0 Å². The second kappa shape index (κ2) is 2.47. The van der Waals surface area contributed by atoms with Gasteiger partial charge in [0.25, 0.3) is 0 Å². The third kappa shape index (κ3) is 1.03. The van der Waals surface area contributed by atoms with Crippen molar-refractivity contribution >= 4 is 0 Å². The molecule has 0 saturated carbocycles. The molecule has 4 N–H and O–H groups in total. The monoisotopic (exact) mass is 147 g/mol. The van der Waals surface area contributed by atoms with E-state index in [0.29, 0.717) is 6.54 Å². The molecular formula is C6H13NO3. The van der Waals surface area contributed by atoms with Crippen LogP contribution in [0.3, 0.4) is 0 Å². The molecule has 1 aliphatic rings. The second-order valence-electron chi connectivity index (χ2n) is 2.97. The van der Waals surface area contributed by atoms with Crippen LogP contribution in [-0.2, 0) is 0 Å². The highest BCUT2D eigenvalue weighted by Gasteiger charge is 2.42. The first-order chi connectivity index (χ1) is 4.60. The summed E-state index contributed by atoms with van der Waals surface area (Å²) in [6, 6.07) is 0. The van der Waals surface area contributed by atoms with Crippen molar-refractivity contribution in [1.29, 1.82) is 0 Å². The summed E-state index contributed by atoms with van der Waals surface area (Å²) in [5.74, 6) is 0. The lowest BCUT2D eigenvalue weighted by Gasteiger charge is -2.25. The molecular weight excluding hydrogens is 134 g/mol. The number of aliphatic hydroxyl groups is 3. The van der Waals surface area contributed by atoms with Gasteiger partial charge in [0, 0.05) is 6.54 Å². The van der Waals surface area contributed by atoms with Crippen LogP contribution in [-0.4, -0.2) is 46.2 Å². The van der Waals surface area contributed by atoms with E-state index in [1.54, 1.807) is 6.92 Å². The smallest absolute Gasteiger partial charge is 0.101 e. The molecule has 3 atom stereocenters. The minimum atomic E-state index is -0.863. The summed E-state index contributed by atoms with van der Waals surface area (Å²) in [5, 5.41) is 29.9. The van der Waals surface area contributed by atoms with Crippen molar-refractivity contribution in [1.82, 2.24) is 5.32 Å². The molecule has 1 rings (SSSR count). The highest BCUT2D eigenvalue weighted by atomic mass is 16.3. The van der Waals surface area contributed by atoms with Crippen LogP contribution in [0.15, 0.2) is 0 Å². The summed E-state index contributed by atoms with van der Waals surface area (Å²) in [7, 11) is 0. The molecule has 1 heterocycles. The molecule has 0 unspecified atom stereocenters. The van der Waals surface area contributed by atoms with Crippen LogP contribution in [0.4, 0.5) is 0 Å². The topological polar surface area (TPSA) is 72.7 Å². The van der Waals surface area contributed by atoms with Crippen LogP contribution in [0, 0.1) is 0 Å². The van der Waals surface area contributed by atoms with Crippen molar-refractivity contribution in [3.63, 3.8) is 0 Å². The number of β-amino-alcohol motifs (C(OH)–C–C–N with tert-alkyl or cyclic N) is 1. The maximum atomic E-state index is 9.24. The van der Waals surface area contributed by atoms with Crippen LogP contribution in [0.25, 0.3) is 0 Å². The Hall–Kier alpha value is -0.160. The molecule has 1 fully saturated rings. The van der Waals surface area contributed by atoms with E-state index in [-0.39, 0.29) is 6.61 Å². The second-order valence-corrected chi connectivity index (χ2v) is 2.97. The largest absolute Gasteiger partial charge is 0.394 e. The Morgan fingerprint density at radius 1 is 1.60 bits per heavy atom. The first-order valence-electron chi connectivity index (χ1n) is 3.32. The zero-order valence-corrected chi connectivity index (χ0v) is 5.91. The molecule has 0 bridgehead atoms. The maximum absolute atomic E-state index is 9.24. The van der Waals surface area contributed by atoms with Gasteiger partial charge in [-0.3, -0.25) is 0 Å². The molecule has 0 amide bonds. The lowest BCUT2D eigenvalue weighted by atomic mass is 9.97. The zero-order chi connectivity index (χ0) is 7.78. The lowest BCUT2D eigenvalue weighted by Crippen LogP contribution is -2.49. The minimum absolute atomic E-state index is 0.161. The van der Waals surface area contributed by atoms with E-state index in [9.17, 15) is 5.11 Å². The van der Waals surface area contributed by atoms with Gasteiger partial charge in [-0.15, -0.1) is 0 Å². The summed E-state index contributed by atoms with van der Waals surface area (Å²) in [4.78, 5) is 0. The van der Waals surface area contributed by atoms with Gasteiger partial charge in [0.2, 0.25) is 0 Å². The summed E-state index contributed by atoms with van der Waals surface area (Å²) in [6.45, 7) is 1.86. The highest BCUT2D eigenvalue weighted by Crippen LogP contribution is 2.18. The fourth-order valence-electron chi connectivity index (χ4n) is 1.13. The predicted molar refractivity (Wildman–Crippen MR) is 35.5 cm³/mol. The fourth-order valence-corrected chi connectivity index (χ4v) is 1.13. The molecule has 4 heteroatoms. The molecule has 0 spiro atoms. The SMILES string of the molecule is C[C@@]1(CO)NC[C@H](O)[C@H]1O. The Kier molecular flexibility index (Phi) is 1.96. The number of aliphatic hydroxyl groups excluding tert-OH is 3. The third-order valence-electron chi connectivity index (χ3n) is 2.06. The molecule has 10 heavy (non-hydrogen) atoms. The lowest BCUT2D eigenvalue weighted by molar-refractivity contribution is -0.00213. The highest BCUT2D eigenvalue weighted by molar-refractivity contribution is 5.00. The van der Waals surface area contributed by atoms with Crippen molar-refractivity contribution < 1.29 is 15.3 Å². The first kappa shape index (κ1) is 7.94. The molecule has 0 aliphatic carbocycles. The molecule has 1 saturated heterocycles. The molecule has 0 aromatic rings. The standard InChI is InChI=1S/C6H13NO3/c1-6(3-8)5(10)4(9)2-7-6/h4-5,7-10H,2-3H2,1H3/t4-,5+,6-/m0/s1. The van der Waals surface area contributed by atoms with Crippen molar-refractivity contribution in [3.8, 4) is 0 Å². The number of hydrogen-bond acceptors (Lipinski definition) is 4. The Morgan fingerprint density at radius 3 is 2.40 bits per heavy atom. The van der Waals surface area contributed by atoms with Gasteiger partial charge in [-0.1, -0.05) is 0 Å². The van der Waals surface area contributed by atoms with Crippen molar-refractivity contribution in [2.45, 2.75) is 24.7 Å². The predicted octanol–water partition coefficient (Wildman–Crippen LogP) is -1.94. The average molecular weight is 147 g/mol. The summed E-state index contributed by atoms with van der Waals surface area (Å²) >= 11 is 0. The van der Waals surface area contributed by atoms with Crippen molar-refractivity contribution in [2.24, 2.45) is 0 Å². The zero-order valence-electron chi connectivity index (χ0n) is 5.91. The quantitative estimate of drug-likeness (QED) is 0.348. The number of nitrogens with one attached hydrogen (secondary N) is 1. The Balaban J connectivity index is 2.64. The van der Waals surface area contributed by atoms with E-state index in [1.807, 2.05) is 0 Å². The first-order valence-corrected chi connectivity index (χ1v) is 3.32. The van der Waals surface area contributed by atoms with E-state index < -0.39 is 17.7 Å². The van der Waals surface area contributed by atoms with Crippen LogP contribution in [0.2, 0.25) is 0 Å². The van der Waals surface area contributed by atoms with Gasteiger partial charge in [-0.25, -0.2) is 0 Å². The minimum Gasteiger partial charge on any atom is -0.394 e. The van der Waals surface area contributed by atoms with E-state index in [2.05, 4.69) is 5.32 Å². The molecule has 0 aromatic heterocycles. The van der Waals surface area contributed by atoms with Crippen LogP contribution in [0.5, 0.6) is 0 Å². The van der Waals surface area contributed by atoms with E-state index in [1.165, 1.54) is 0 Å². The van der Waals surface area contributed by atoms with E-state index >= 15 is 0 Å². The van der Waals surface area contributed by atoms with Crippen molar-refractivity contribution in [3.05, 3.63) is 0 Å². The Morgan fingerprint density at radius 2 is 2.20 bits per heavy atom. The van der Waals surface area contributed by atoms with Crippen LogP contribution < -0.4 is 5.32 Å². The van der Waals surface area contributed by atoms with E-state index in [4.69, 9.17) is 10.2 Å². The van der Waals surface area contributed by atoms with Gasteiger partial charge in [0.05, 0.1) is 18.2 Å². The van der Waals surface area contributed by atoms with E-state index in [0.717, 1.165) is 0 Å². The van der Waals surface area contributed by atoms with Crippen LogP contribution >= 0.6 is 0 Å². The Bertz CT molecular complexity index is 130. The summed E-state index contributed by atoms with van der Waals surface area (Å²) in [5.41, 5.74) is -0.723. The third-order valence-corrected chi connectivity index (χ3v) is 2.06. The van der Waals surface area contributed by atoms with Gasteiger partial charge in [0.1, 0.15) is 6.10 Å². The molecule has 60 valence electrons. The normalized spacial score (nSPS) is 48.0. The average Bonchev–Trinajstić information content (AvgIpc) is 2.19. The molecule has 0 aromatic carbocycles. The Labute approximate surface area is 59.5 Å². The van der Waals surface area contributed by atoms with Gasteiger partial charge in [-0.05, 0) is 6.92 Å². The number of rotatable bonds is 1. The van der Waals surface area contributed by atoms with Gasteiger partial charge < -0.3 is 20.6 Å². The molecule has 0 radical (unpaired) electrons. The van der Waals surface area contributed by atoms with Gasteiger partial charge in [-0.2, -0.15) is 0 Å². The molecule has 4 nitrogen and oxygen atoms in total. The molecule has 1 aliphatic heterocycles. The maximum Gasteiger partial charge on any atom is 0.101 e. The van der Waals surface area contributed by atoms with Crippen LogP contribution in [0.1, 0.15) is 6.92 Å². The van der Waals surface area contributed by atoms with Gasteiger partial charge >= 0.3 is 0 Å².